The molecular formula is C25H33N3O4. The monoisotopic (exact) mass is 439 g/mol. The first kappa shape index (κ1) is 22.4. The fourth-order valence-electron chi connectivity index (χ4n) is 4.48. The molecule has 2 saturated heterocycles. The SMILES string of the molecule is CCOc1ccc(OCC(=O)N2CCC(N3CCC(Oc4ccncc4)CC3)CC2)cc1. The summed E-state index contributed by atoms with van der Waals surface area (Å²) >= 11 is 0. The summed E-state index contributed by atoms with van der Waals surface area (Å²) in [5, 5.41) is 0. The summed E-state index contributed by atoms with van der Waals surface area (Å²) in [5.74, 6) is 2.45. The van der Waals surface area contributed by atoms with Crippen LogP contribution in [0.15, 0.2) is 48.8 Å². The fraction of sp³-hybridized carbons (Fsp3) is 0.520. The molecule has 0 spiro atoms. The number of nitrogens with zero attached hydrogens (tertiary/aromatic N) is 3. The minimum Gasteiger partial charge on any atom is -0.494 e. The van der Waals surface area contributed by atoms with E-state index in [0.29, 0.717) is 18.4 Å². The topological polar surface area (TPSA) is 64.1 Å². The van der Waals surface area contributed by atoms with Gasteiger partial charge in [-0.15, -0.1) is 0 Å². The van der Waals surface area contributed by atoms with Crippen LogP contribution in [-0.2, 0) is 4.79 Å². The van der Waals surface area contributed by atoms with Crippen molar-refractivity contribution in [1.82, 2.24) is 14.8 Å². The molecule has 2 fully saturated rings. The first-order chi connectivity index (χ1) is 15.7. The molecule has 32 heavy (non-hydrogen) atoms. The minimum atomic E-state index is 0.0572. The smallest absolute Gasteiger partial charge is 0.260 e. The summed E-state index contributed by atoms with van der Waals surface area (Å²) in [4.78, 5) is 21.1. The van der Waals surface area contributed by atoms with Crippen LogP contribution in [0.1, 0.15) is 32.6 Å². The van der Waals surface area contributed by atoms with E-state index in [1.165, 1.54) is 0 Å². The van der Waals surface area contributed by atoms with E-state index in [4.69, 9.17) is 14.2 Å². The Morgan fingerprint density at radius 1 is 0.875 bits per heavy atom. The van der Waals surface area contributed by atoms with E-state index in [0.717, 1.165) is 63.4 Å². The van der Waals surface area contributed by atoms with Crippen molar-refractivity contribution in [2.45, 2.75) is 44.8 Å². The first-order valence-electron chi connectivity index (χ1n) is 11.7. The summed E-state index contributed by atoms with van der Waals surface area (Å²) in [7, 11) is 0. The van der Waals surface area contributed by atoms with E-state index >= 15 is 0 Å². The molecule has 0 N–H and O–H groups in total. The quantitative estimate of drug-likeness (QED) is 0.628. The van der Waals surface area contributed by atoms with Gasteiger partial charge >= 0.3 is 0 Å². The lowest BCUT2D eigenvalue weighted by Crippen LogP contribution is -2.50. The van der Waals surface area contributed by atoms with Gasteiger partial charge in [-0.05, 0) is 69.0 Å². The predicted octanol–water partition coefficient (Wildman–Crippen LogP) is 3.39. The van der Waals surface area contributed by atoms with Crippen LogP contribution in [0.4, 0.5) is 0 Å². The summed E-state index contributed by atoms with van der Waals surface area (Å²) in [6, 6.07) is 11.8. The van der Waals surface area contributed by atoms with Crippen LogP contribution in [-0.4, -0.2) is 72.2 Å². The van der Waals surface area contributed by atoms with Crippen molar-refractivity contribution < 1.29 is 19.0 Å². The van der Waals surface area contributed by atoms with Gasteiger partial charge < -0.3 is 19.1 Å². The Morgan fingerprint density at radius 2 is 1.50 bits per heavy atom. The van der Waals surface area contributed by atoms with Crippen LogP contribution in [0.3, 0.4) is 0 Å². The van der Waals surface area contributed by atoms with Crippen molar-refractivity contribution in [3.63, 3.8) is 0 Å². The Kier molecular flexibility index (Phi) is 7.82. The number of likely N-dealkylation sites (tertiary alicyclic amines) is 2. The summed E-state index contributed by atoms with van der Waals surface area (Å²) < 4.78 is 17.2. The van der Waals surface area contributed by atoms with Gasteiger partial charge in [0.15, 0.2) is 6.61 Å². The van der Waals surface area contributed by atoms with Crippen molar-refractivity contribution in [2.24, 2.45) is 0 Å². The highest BCUT2D eigenvalue weighted by atomic mass is 16.5. The van der Waals surface area contributed by atoms with Crippen LogP contribution < -0.4 is 14.2 Å². The molecule has 1 aromatic heterocycles. The van der Waals surface area contributed by atoms with Crippen LogP contribution in [0.2, 0.25) is 0 Å². The van der Waals surface area contributed by atoms with Gasteiger partial charge in [0, 0.05) is 44.6 Å². The zero-order chi connectivity index (χ0) is 22.2. The zero-order valence-corrected chi connectivity index (χ0v) is 18.8. The lowest BCUT2D eigenvalue weighted by atomic mass is 9.99. The van der Waals surface area contributed by atoms with Crippen molar-refractivity contribution in [3.8, 4) is 17.2 Å². The van der Waals surface area contributed by atoms with E-state index in [-0.39, 0.29) is 18.6 Å². The molecule has 0 radical (unpaired) electrons. The number of pyridine rings is 1. The van der Waals surface area contributed by atoms with Crippen molar-refractivity contribution >= 4 is 5.91 Å². The number of ether oxygens (including phenoxy) is 3. The number of aromatic nitrogens is 1. The highest BCUT2D eigenvalue weighted by molar-refractivity contribution is 5.77. The Morgan fingerprint density at radius 3 is 2.12 bits per heavy atom. The molecule has 172 valence electrons. The van der Waals surface area contributed by atoms with E-state index in [1.807, 2.05) is 48.2 Å². The van der Waals surface area contributed by atoms with Crippen LogP contribution >= 0.6 is 0 Å². The second kappa shape index (κ2) is 11.2. The average molecular weight is 440 g/mol. The Labute approximate surface area is 190 Å². The highest BCUT2D eigenvalue weighted by Crippen LogP contribution is 2.24. The summed E-state index contributed by atoms with van der Waals surface area (Å²) in [6.45, 7) is 6.35. The van der Waals surface area contributed by atoms with Gasteiger partial charge in [0.1, 0.15) is 23.4 Å². The van der Waals surface area contributed by atoms with Crippen molar-refractivity contribution in [2.75, 3.05) is 39.4 Å². The van der Waals surface area contributed by atoms with Gasteiger partial charge in [-0.3, -0.25) is 14.7 Å². The number of piperidine rings is 2. The number of benzene rings is 1. The van der Waals surface area contributed by atoms with E-state index in [1.54, 1.807) is 12.4 Å². The molecule has 1 aromatic carbocycles. The van der Waals surface area contributed by atoms with Gasteiger partial charge in [-0.25, -0.2) is 0 Å². The van der Waals surface area contributed by atoms with Crippen LogP contribution in [0, 0.1) is 0 Å². The normalized spacial score (nSPS) is 18.3. The molecule has 2 aliphatic rings. The molecule has 0 saturated carbocycles. The molecule has 1 amide bonds. The second-order valence-corrected chi connectivity index (χ2v) is 8.34. The molecule has 7 heteroatoms. The van der Waals surface area contributed by atoms with Gasteiger partial charge in [-0.1, -0.05) is 0 Å². The maximum atomic E-state index is 12.6. The number of hydrogen-bond donors (Lipinski definition) is 0. The third-order valence-corrected chi connectivity index (χ3v) is 6.26. The van der Waals surface area contributed by atoms with Crippen molar-refractivity contribution in [1.29, 1.82) is 0 Å². The van der Waals surface area contributed by atoms with E-state index in [9.17, 15) is 4.79 Å². The number of hydrogen-bond acceptors (Lipinski definition) is 6. The fourth-order valence-corrected chi connectivity index (χ4v) is 4.48. The van der Waals surface area contributed by atoms with Crippen LogP contribution in [0.25, 0.3) is 0 Å². The molecule has 0 bridgehead atoms. The molecule has 3 heterocycles. The lowest BCUT2D eigenvalue weighted by Gasteiger charge is -2.41. The third kappa shape index (κ3) is 6.13. The average Bonchev–Trinajstić information content (AvgIpc) is 2.85. The maximum Gasteiger partial charge on any atom is 0.260 e. The Hall–Kier alpha value is -2.80. The Bertz CT molecular complexity index is 830. The lowest BCUT2D eigenvalue weighted by molar-refractivity contribution is -0.135. The van der Waals surface area contributed by atoms with E-state index in [2.05, 4.69) is 9.88 Å². The number of rotatable bonds is 8. The van der Waals surface area contributed by atoms with Gasteiger partial charge in [-0.2, -0.15) is 0 Å². The van der Waals surface area contributed by atoms with Crippen LogP contribution in [0.5, 0.6) is 17.2 Å². The molecule has 0 unspecified atom stereocenters. The molecule has 0 atom stereocenters. The first-order valence-corrected chi connectivity index (χ1v) is 11.7. The zero-order valence-electron chi connectivity index (χ0n) is 18.8. The molecular weight excluding hydrogens is 406 g/mol. The highest BCUT2D eigenvalue weighted by Gasteiger charge is 2.30. The van der Waals surface area contributed by atoms with Gasteiger partial charge in [0.05, 0.1) is 6.61 Å². The number of carbonyl (C=O) groups is 1. The number of carbonyl (C=O) groups excluding carboxylic acids is 1. The van der Waals surface area contributed by atoms with E-state index < -0.39 is 0 Å². The van der Waals surface area contributed by atoms with Gasteiger partial charge in [0.25, 0.3) is 5.91 Å². The third-order valence-electron chi connectivity index (χ3n) is 6.26. The van der Waals surface area contributed by atoms with Gasteiger partial charge in [0.2, 0.25) is 0 Å². The molecule has 2 aliphatic heterocycles. The maximum absolute atomic E-state index is 12.6. The minimum absolute atomic E-state index is 0.0572. The molecule has 7 nitrogen and oxygen atoms in total. The number of amides is 1. The Balaban J connectivity index is 1.15. The molecule has 4 rings (SSSR count). The van der Waals surface area contributed by atoms with Crippen molar-refractivity contribution in [3.05, 3.63) is 48.8 Å². The molecule has 2 aromatic rings. The second-order valence-electron chi connectivity index (χ2n) is 8.34. The standard InChI is InChI=1S/C25H33N3O4/c1-2-30-21-3-5-22(6-4-21)31-19-25(29)28-15-9-20(10-16-28)27-17-11-24(12-18-27)32-23-7-13-26-14-8-23/h3-8,13-14,20,24H,2,9-12,15-19H2,1H3. The predicted molar refractivity (Wildman–Crippen MR) is 122 cm³/mol. The molecule has 0 aliphatic carbocycles. The largest absolute Gasteiger partial charge is 0.494 e. The summed E-state index contributed by atoms with van der Waals surface area (Å²) in [6.07, 6.45) is 7.92. The summed E-state index contributed by atoms with van der Waals surface area (Å²) in [5.41, 5.74) is 0.